The molecule has 2 spiro atoms. The van der Waals surface area contributed by atoms with Crippen LogP contribution in [-0.2, 0) is 21.5 Å². The lowest BCUT2D eigenvalue weighted by Crippen LogP contribution is -2.49. The molecule has 2 aromatic carbocycles. The first-order valence-corrected chi connectivity index (χ1v) is 10.8. The zero-order valence-electron chi connectivity index (χ0n) is 18.1. The molecule has 1 saturated heterocycles. The summed E-state index contributed by atoms with van der Waals surface area (Å²) in [5.41, 5.74) is 7.83. The van der Waals surface area contributed by atoms with Gasteiger partial charge in [-0.2, -0.15) is 0 Å². The van der Waals surface area contributed by atoms with Gasteiger partial charge in [0.25, 0.3) is 5.91 Å². The molecule has 0 aromatic heterocycles. The molecule has 1 fully saturated rings. The molecule has 2 aromatic rings. The summed E-state index contributed by atoms with van der Waals surface area (Å²) in [6.45, 7) is 1.28. The van der Waals surface area contributed by atoms with Crippen LogP contribution in [0, 0.1) is 5.41 Å². The number of benzene rings is 2. The van der Waals surface area contributed by atoms with Crippen molar-refractivity contribution in [2.24, 2.45) is 16.1 Å². The van der Waals surface area contributed by atoms with Crippen molar-refractivity contribution in [3.63, 3.8) is 0 Å². The molecular formula is C24H24F3N3O3. The van der Waals surface area contributed by atoms with Gasteiger partial charge in [0, 0.05) is 20.3 Å². The van der Waals surface area contributed by atoms with E-state index < -0.39 is 11.9 Å². The minimum Gasteiger partial charge on any atom is -0.406 e. The normalized spacial score (nSPS) is 24.2. The number of likely N-dealkylation sites (N-methyl/N-ethyl adjacent to an activating group) is 1. The van der Waals surface area contributed by atoms with Gasteiger partial charge in [-0.3, -0.25) is 9.69 Å². The first kappa shape index (κ1) is 21.8. The van der Waals surface area contributed by atoms with Gasteiger partial charge >= 0.3 is 6.36 Å². The molecule has 33 heavy (non-hydrogen) atoms. The molecule has 1 amide bonds. The minimum absolute atomic E-state index is 0.113. The average molecular weight is 459 g/mol. The molecule has 0 radical (unpaired) electrons. The Labute approximate surface area is 189 Å². The highest BCUT2D eigenvalue weighted by Crippen LogP contribution is 2.54. The second kappa shape index (κ2) is 7.48. The number of guanidine groups is 1. The third-order valence-electron chi connectivity index (χ3n) is 7.01. The first-order valence-electron chi connectivity index (χ1n) is 10.8. The summed E-state index contributed by atoms with van der Waals surface area (Å²) in [4.78, 5) is 19.6. The molecule has 174 valence electrons. The SMILES string of the molecule is CN1C(=O)C2(CC3(CCOCC3)Cc3ccc(-c4cccc(OC(F)(F)F)c4)cc32)N=C1N. The summed E-state index contributed by atoms with van der Waals surface area (Å²) in [7, 11) is 1.61. The van der Waals surface area contributed by atoms with Crippen molar-refractivity contribution in [3.05, 3.63) is 53.6 Å². The van der Waals surface area contributed by atoms with Crippen LogP contribution in [0.25, 0.3) is 11.1 Å². The lowest BCUT2D eigenvalue weighted by molar-refractivity contribution is -0.274. The molecule has 5 rings (SSSR count). The maximum atomic E-state index is 13.5. The van der Waals surface area contributed by atoms with Crippen LogP contribution in [0.3, 0.4) is 0 Å². The van der Waals surface area contributed by atoms with Gasteiger partial charge in [-0.05, 0) is 71.6 Å². The number of ether oxygens (including phenoxy) is 2. The molecule has 1 aliphatic carbocycles. The van der Waals surface area contributed by atoms with Gasteiger partial charge in [0.15, 0.2) is 11.5 Å². The molecule has 1 atom stereocenters. The fourth-order valence-corrected chi connectivity index (χ4v) is 5.42. The summed E-state index contributed by atoms with van der Waals surface area (Å²) < 4.78 is 47.7. The van der Waals surface area contributed by atoms with Crippen LogP contribution in [0.15, 0.2) is 47.5 Å². The highest BCUT2D eigenvalue weighted by atomic mass is 19.4. The Hall–Kier alpha value is -3.07. The second-order valence-corrected chi connectivity index (χ2v) is 9.11. The van der Waals surface area contributed by atoms with E-state index in [1.54, 1.807) is 13.1 Å². The van der Waals surface area contributed by atoms with E-state index in [1.807, 2.05) is 18.2 Å². The summed E-state index contributed by atoms with van der Waals surface area (Å²) in [6, 6.07) is 11.5. The number of fused-ring (bicyclic) bond motifs is 2. The Balaban J connectivity index is 1.61. The van der Waals surface area contributed by atoms with E-state index in [0.717, 1.165) is 30.4 Å². The lowest BCUT2D eigenvalue weighted by Gasteiger charge is -2.47. The number of carbonyl (C=O) groups is 1. The first-order chi connectivity index (χ1) is 15.6. The van der Waals surface area contributed by atoms with Gasteiger partial charge in [0.2, 0.25) is 0 Å². The summed E-state index contributed by atoms with van der Waals surface area (Å²) in [5, 5.41) is 0. The number of aliphatic imine (C=N–C) groups is 1. The summed E-state index contributed by atoms with van der Waals surface area (Å²) in [6.07, 6.45) is -1.79. The highest BCUT2D eigenvalue weighted by Gasteiger charge is 2.56. The van der Waals surface area contributed by atoms with Crippen molar-refractivity contribution in [2.75, 3.05) is 20.3 Å². The number of hydrogen-bond acceptors (Lipinski definition) is 5. The molecule has 2 N–H and O–H groups in total. The average Bonchev–Trinajstić information content (AvgIpc) is 2.97. The third-order valence-corrected chi connectivity index (χ3v) is 7.01. The Morgan fingerprint density at radius 3 is 2.52 bits per heavy atom. The fraction of sp³-hybridized carbons (Fsp3) is 0.417. The number of carbonyl (C=O) groups excluding carboxylic acids is 1. The number of nitrogens with two attached hydrogens (primary N) is 1. The van der Waals surface area contributed by atoms with Crippen LogP contribution < -0.4 is 10.5 Å². The van der Waals surface area contributed by atoms with E-state index in [1.165, 1.54) is 23.1 Å². The molecule has 2 aliphatic heterocycles. The molecular weight excluding hydrogens is 435 g/mol. The molecule has 3 aliphatic rings. The minimum atomic E-state index is -4.77. The van der Waals surface area contributed by atoms with Crippen LogP contribution >= 0.6 is 0 Å². The predicted molar refractivity (Wildman–Crippen MR) is 115 cm³/mol. The van der Waals surface area contributed by atoms with Gasteiger partial charge in [-0.15, -0.1) is 13.2 Å². The van der Waals surface area contributed by atoms with Crippen LogP contribution in [0.2, 0.25) is 0 Å². The second-order valence-electron chi connectivity index (χ2n) is 9.11. The van der Waals surface area contributed by atoms with Gasteiger partial charge in [-0.25, -0.2) is 4.99 Å². The number of amides is 1. The van der Waals surface area contributed by atoms with E-state index in [2.05, 4.69) is 9.73 Å². The van der Waals surface area contributed by atoms with Crippen LogP contribution in [0.4, 0.5) is 13.2 Å². The van der Waals surface area contributed by atoms with Crippen LogP contribution in [-0.4, -0.2) is 43.4 Å². The topological polar surface area (TPSA) is 77.2 Å². The predicted octanol–water partition coefficient (Wildman–Crippen LogP) is 3.98. The van der Waals surface area contributed by atoms with E-state index in [-0.39, 0.29) is 23.0 Å². The zero-order chi connectivity index (χ0) is 23.4. The van der Waals surface area contributed by atoms with E-state index in [4.69, 9.17) is 10.5 Å². The molecule has 9 heteroatoms. The Morgan fingerprint density at radius 1 is 1.12 bits per heavy atom. The maximum absolute atomic E-state index is 13.5. The Morgan fingerprint density at radius 2 is 1.85 bits per heavy atom. The largest absolute Gasteiger partial charge is 0.573 e. The van der Waals surface area contributed by atoms with Gasteiger partial charge in [-0.1, -0.05) is 24.3 Å². The molecule has 1 unspecified atom stereocenters. The van der Waals surface area contributed by atoms with Crippen molar-refractivity contribution >= 4 is 11.9 Å². The number of nitrogens with zero attached hydrogens (tertiary/aromatic N) is 2. The highest BCUT2D eigenvalue weighted by molar-refractivity contribution is 6.07. The number of rotatable bonds is 2. The van der Waals surface area contributed by atoms with Gasteiger partial charge in [0.1, 0.15) is 5.75 Å². The molecule has 0 bridgehead atoms. The fourth-order valence-electron chi connectivity index (χ4n) is 5.42. The molecule has 0 saturated carbocycles. The zero-order valence-corrected chi connectivity index (χ0v) is 18.1. The molecule has 2 heterocycles. The Bertz CT molecular complexity index is 1140. The quantitative estimate of drug-likeness (QED) is 0.737. The molecule has 6 nitrogen and oxygen atoms in total. The van der Waals surface area contributed by atoms with Crippen molar-refractivity contribution < 1.29 is 27.4 Å². The lowest BCUT2D eigenvalue weighted by atomic mass is 9.60. The van der Waals surface area contributed by atoms with E-state index in [9.17, 15) is 18.0 Å². The van der Waals surface area contributed by atoms with E-state index in [0.29, 0.717) is 30.8 Å². The van der Waals surface area contributed by atoms with Crippen molar-refractivity contribution in [2.45, 2.75) is 37.6 Å². The standard InChI is InChI=1S/C24H24F3N3O3/c1-30-20(31)23(29-21(30)28)14-22(7-9-32-10-8-22)13-17-6-5-16(12-19(17)23)15-3-2-4-18(11-15)33-24(25,26)27/h2-6,11-12H,7-10,13-14H2,1H3,(H2,28,29). The maximum Gasteiger partial charge on any atom is 0.573 e. The monoisotopic (exact) mass is 459 g/mol. The van der Waals surface area contributed by atoms with Crippen LogP contribution in [0.1, 0.15) is 30.4 Å². The third kappa shape index (κ3) is 3.74. The van der Waals surface area contributed by atoms with E-state index >= 15 is 0 Å². The Kier molecular flexibility index (Phi) is 4.93. The van der Waals surface area contributed by atoms with Crippen molar-refractivity contribution in [3.8, 4) is 16.9 Å². The van der Waals surface area contributed by atoms with Gasteiger partial charge in [0.05, 0.1) is 0 Å². The number of hydrogen-bond donors (Lipinski definition) is 1. The van der Waals surface area contributed by atoms with Crippen molar-refractivity contribution in [1.29, 1.82) is 0 Å². The van der Waals surface area contributed by atoms with Gasteiger partial charge < -0.3 is 15.2 Å². The number of alkyl halides is 3. The summed E-state index contributed by atoms with van der Waals surface area (Å²) in [5.74, 6) is -0.313. The van der Waals surface area contributed by atoms with Crippen molar-refractivity contribution in [1.82, 2.24) is 4.90 Å². The smallest absolute Gasteiger partial charge is 0.406 e. The van der Waals surface area contributed by atoms with Crippen LogP contribution in [0.5, 0.6) is 5.75 Å². The summed E-state index contributed by atoms with van der Waals surface area (Å²) >= 11 is 0. The number of halogens is 3.